The van der Waals surface area contributed by atoms with Gasteiger partial charge >= 0.3 is 5.97 Å². The van der Waals surface area contributed by atoms with E-state index in [1.54, 1.807) is 27.4 Å². The molecule has 0 fully saturated rings. The van der Waals surface area contributed by atoms with Gasteiger partial charge in [0.05, 0.1) is 21.3 Å². The fraction of sp³-hybridized carbons (Fsp3) is 0.567. The normalized spacial score (nSPS) is 18.8. The number of esters is 1. The number of likely N-dealkylation sites (N-methyl/N-ethyl adjacent to an activating group) is 1. The zero-order chi connectivity index (χ0) is 27.9. The molecule has 0 saturated heterocycles. The van der Waals surface area contributed by atoms with Crippen LogP contribution in [0.1, 0.15) is 49.3 Å². The Kier molecular flexibility index (Phi) is 10.4. The Morgan fingerprint density at radius 3 is 2.32 bits per heavy atom. The van der Waals surface area contributed by atoms with E-state index in [9.17, 15) is 9.18 Å². The molecule has 2 atom stereocenters. The van der Waals surface area contributed by atoms with Gasteiger partial charge in [0.1, 0.15) is 18.0 Å². The number of nitrogens with zero attached hydrogens (tertiary/aromatic N) is 1. The van der Waals surface area contributed by atoms with Crippen molar-refractivity contribution in [3.63, 3.8) is 0 Å². The summed E-state index contributed by atoms with van der Waals surface area (Å²) in [6.45, 7) is 5.69. The molecule has 210 valence electrons. The maximum absolute atomic E-state index is 14.0. The minimum atomic E-state index is -0.699. The number of carbonyl (C=O) groups is 1. The van der Waals surface area contributed by atoms with Crippen LogP contribution in [0.4, 0.5) is 4.39 Å². The van der Waals surface area contributed by atoms with Crippen molar-refractivity contribution in [2.24, 2.45) is 5.92 Å². The molecule has 2 aromatic carbocycles. The van der Waals surface area contributed by atoms with Gasteiger partial charge in [0.15, 0.2) is 11.5 Å². The second kappa shape index (κ2) is 13.3. The number of benzene rings is 2. The summed E-state index contributed by atoms with van der Waals surface area (Å²) < 4.78 is 41.8. The zero-order valence-electron chi connectivity index (χ0n) is 23.8. The molecule has 7 nitrogen and oxygen atoms in total. The van der Waals surface area contributed by atoms with Crippen molar-refractivity contribution in [1.29, 1.82) is 0 Å². The summed E-state index contributed by atoms with van der Waals surface area (Å²) in [5, 5.41) is 0. The molecule has 0 amide bonds. The van der Waals surface area contributed by atoms with Crippen LogP contribution in [-0.2, 0) is 27.1 Å². The molecule has 8 heteroatoms. The molecule has 0 aromatic heterocycles. The van der Waals surface area contributed by atoms with E-state index in [-0.39, 0.29) is 30.2 Å². The van der Waals surface area contributed by atoms with E-state index in [1.807, 2.05) is 18.2 Å². The van der Waals surface area contributed by atoms with Crippen LogP contribution < -0.4 is 14.2 Å². The third-order valence-corrected chi connectivity index (χ3v) is 7.49. The second-order valence-corrected chi connectivity index (χ2v) is 10.4. The van der Waals surface area contributed by atoms with Gasteiger partial charge in [-0.15, -0.1) is 0 Å². The predicted molar refractivity (Wildman–Crippen MR) is 145 cm³/mol. The van der Waals surface area contributed by atoms with Gasteiger partial charge in [-0.2, -0.15) is 0 Å². The van der Waals surface area contributed by atoms with Gasteiger partial charge in [-0.1, -0.05) is 19.9 Å². The molecule has 2 aromatic rings. The second-order valence-electron chi connectivity index (χ2n) is 10.4. The highest BCUT2D eigenvalue weighted by atomic mass is 19.1. The number of halogens is 1. The molecule has 0 N–H and O–H groups in total. The van der Waals surface area contributed by atoms with Gasteiger partial charge in [0.25, 0.3) is 0 Å². The summed E-state index contributed by atoms with van der Waals surface area (Å²) in [7, 11) is 8.37. The lowest BCUT2D eigenvalue weighted by atomic mass is 9.65. The first-order valence-corrected chi connectivity index (χ1v) is 13.1. The molecule has 38 heavy (non-hydrogen) atoms. The zero-order valence-corrected chi connectivity index (χ0v) is 23.8. The minimum absolute atomic E-state index is 0.0452. The summed E-state index contributed by atoms with van der Waals surface area (Å²) in [4.78, 5) is 15.0. The standard InChI is InChI=1S/C30H42FNO6/c1-20(2)28-24-9-8-23(31)18-22(24)10-12-30(28,38-27(33)19-34-4)13-15-32(3)14-11-21-16-25(35-5)29(37-7)26(17-21)36-6/h8-9,16-18,20,28H,10-15,19H2,1-7H3/t28-,30-/m1/s1. The van der Waals surface area contributed by atoms with Gasteiger partial charge in [-0.25, -0.2) is 9.18 Å². The molecule has 1 aliphatic carbocycles. The van der Waals surface area contributed by atoms with Crippen molar-refractivity contribution in [2.45, 2.75) is 51.0 Å². The van der Waals surface area contributed by atoms with Crippen molar-refractivity contribution in [3.8, 4) is 17.2 Å². The first-order valence-electron chi connectivity index (χ1n) is 13.1. The molecule has 0 bridgehead atoms. The highest BCUT2D eigenvalue weighted by Crippen LogP contribution is 2.48. The molecular weight excluding hydrogens is 489 g/mol. The van der Waals surface area contributed by atoms with Gasteiger partial charge in [-0.3, -0.25) is 0 Å². The van der Waals surface area contributed by atoms with Crippen molar-refractivity contribution in [3.05, 3.63) is 52.8 Å². The smallest absolute Gasteiger partial charge is 0.332 e. The van der Waals surface area contributed by atoms with Crippen LogP contribution >= 0.6 is 0 Å². The maximum Gasteiger partial charge on any atom is 0.332 e. The van der Waals surface area contributed by atoms with Gasteiger partial charge < -0.3 is 28.6 Å². The number of aryl methyl sites for hydroxylation is 1. The largest absolute Gasteiger partial charge is 0.493 e. The van der Waals surface area contributed by atoms with E-state index >= 15 is 0 Å². The summed E-state index contributed by atoms with van der Waals surface area (Å²) in [6.07, 6.45) is 2.74. The number of hydrogen-bond acceptors (Lipinski definition) is 7. The van der Waals surface area contributed by atoms with Crippen molar-refractivity contribution in [2.75, 3.05) is 55.2 Å². The fourth-order valence-corrected chi connectivity index (χ4v) is 5.76. The lowest BCUT2D eigenvalue weighted by molar-refractivity contribution is -0.172. The van der Waals surface area contributed by atoms with Gasteiger partial charge in [-0.05, 0) is 73.2 Å². The first-order chi connectivity index (χ1) is 18.2. The number of rotatable bonds is 13. The third-order valence-electron chi connectivity index (χ3n) is 7.49. The Bertz CT molecular complexity index is 1070. The Balaban J connectivity index is 1.79. The molecule has 0 unspecified atom stereocenters. The van der Waals surface area contributed by atoms with Gasteiger partial charge in [0.2, 0.25) is 5.75 Å². The Labute approximate surface area is 226 Å². The van der Waals surface area contributed by atoms with Crippen molar-refractivity contribution < 1.29 is 32.9 Å². The molecule has 1 aliphatic rings. The van der Waals surface area contributed by atoms with Crippen LogP contribution in [0, 0.1) is 11.7 Å². The summed E-state index contributed by atoms with van der Waals surface area (Å²) in [5.41, 5.74) is 2.44. The van der Waals surface area contributed by atoms with E-state index in [0.717, 1.165) is 36.2 Å². The monoisotopic (exact) mass is 531 g/mol. The van der Waals surface area contributed by atoms with Crippen LogP contribution in [-0.4, -0.2) is 71.7 Å². The summed E-state index contributed by atoms with van der Waals surface area (Å²) in [5.74, 6) is 1.38. The highest BCUT2D eigenvalue weighted by Gasteiger charge is 2.47. The lowest BCUT2D eigenvalue weighted by Crippen LogP contribution is -2.49. The highest BCUT2D eigenvalue weighted by molar-refractivity contribution is 5.71. The fourth-order valence-electron chi connectivity index (χ4n) is 5.76. The van der Waals surface area contributed by atoms with E-state index in [1.165, 1.54) is 13.2 Å². The van der Waals surface area contributed by atoms with Crippen molar-refractivity contribution in [1.82, 2.24) is 4.90 Å². The number of hydrogen-bond donors (Lipinski definition) is 0. The summed E-state index contributed by atoms with van der Waals surface area (Å²) >= 11 is 0. The van der Waals surface area contributed by atoms with Crippen LogP contribution in [0.2, 0.25) is 0 Å². The molecule has 0 aliphatic heterocycles. The van der Waals surface area contributed by atoms with E-state index in [4.69, 9.17) is 23.7 Å². The quantitative estimate of drug-likeness (QED) is 0.336. The Hall–Kier alpha value is -2.84. The molecule has 0 spiro atoms. The third kappa shape index (κ3) is 6.77. The minimum Gasteiger partial charge on any atom is -0.493 e. The average molecular weight is 532 g/mol. The molecule has 0 heterocycles. The average Bonchev–Trinajstić information content (AvgIpc) is 2.89. The molecule has 3 rings (SSSR count). The number of ether oxygens (including phenoxy) is 5. The predicted octanol–water partition coefficient (Wildman–Crippen LogP) is 5.03. The molecular formula is C30H42FNO6. The SMILES string of the molecule is COCC(=O)O[C@@]1(CCN(C)CCc2cc(OC)c(OC)c(OC)c2)CCc2cc(F)ccc2[C@H]1C(C)C. The lowest BCUT2D eigenvalue weighted by Gasteiger charge is -2.47. The maximum atomic E-state index is 14.0. The van der Waals surface area contributed by atoms with Crippen LogP contribution in [0.25, 0.3) is 0 Å². The molecule has 0 saturated carbocycles. The van der Waals surface area contributed by atoms with Crippen LogP contribution in [0.3, 0.4) is 0 Å². The van der Waals surface area contributed by atoms with Crippen LogP contribution in [0.15, 0.2) is 30.3 Å². The van der Waals surface area contributed by atoms with E-state index < -0.39 is 5.60 Å². The van der Waals surface area contributed by atoms with E-state index in [0.29, 0.717) is 36.5 Å². The molecule has 0 radical (unpaired) electrons. The van der Waals surface area contributed by atoms with Gasteiger partial charge in [0, 0.05) is 32.5 Å². The number of methoxy groups -OCH3 is 4. The number of carbonyl (C=O) groups excluding carboxylic acids is 1. The summed E-state index contributed by atoms with van der Waals surface area (Å²) in [6, 6.07) is 8.92. The Morgan fingerprint density at radius 2 is 1.74 bits per heavy atom. The number of fused-ring (bicyclic) bond motifs is 1. The van der Waals surface area contributed by atoms with E-state index in [2.05, 4.69) is 25.8 Å². The first kappa shape index (κ1) is 29.7. The van der Waals surface area contributed by atoms with Crippen molar-refractivity contribution >= 4 is 5.97 Å². The topological polar surface area (TPSA) is 66.5 Å². The van der Waals surface area contributed by atoms with Crippen LogP contribution in [0.5, 0.6) is 17.2 Å². The Morgan fingerprint density at radius 1 is 1.05 bits per heavy atom.